The fourth-order valence-electron chi connectivity index (χ4n) is 2.78. The lowest BCUT2D eigenvalue weighted by Crippen LogP contribution is -2.14. The molecule has 3 rings (SSSR count). The number of fused-ring (bicyclic) bond motifs is 1. The van der Waals surface area contributed by atoms with Crippen molar-refractivity contribution >= 4 is 28.7 Å². The third-order valence-corrected chi connectivity index (χ3v) is 4.02. The minimum absolute atomic E-state index is 0.0623. The van der Waals surface area contributed by atoms with E-state index in [9.17, 15) is 14.4 Å². The van der Waals surface area contributed by atoms with Crippen molar-refractivity contribution in [2.24, 2.45) is 0 Å². The van der Waals surface area contributed by atoms with Crippen LogP contribution in [0.15, 0.2) is 60.8 Å². The number of Topliss-reactive ketones (excluding diaryl/α,β-unsaturated/α-hetero) is 1. The van der Waals surface area contributed by atoms with E-state index in [4.69, 9.17) is 9.47 Å². The van der Waals surface area contributed by atoms with Crippen LogP contribution >= 0.6 is 0 Å². The Morgan fingerprint density at radius 1 is 0.926 bits per heavy atom. The first kappa shape index (κ1) is 18.4. The van der Waals surface area contributed by atoms with Crippen molar-refractivity contribution < 1.29 is 23.9 Å². The van der Waals surface area contributed by atoms with Crippen molar-refractivity contribution in [3.05, 3.63) is 71.9 Å². The first-order chi connectivity index (χ1) is 13.0. The zero-order valence-corrected chi connectivity index (χ0v) is 14.9. The highest BCUT2D eigenvalue weighted by atomic mass is 16.5. The molecule has 27 heavy (non-hydrogen) atoms. The molecule has 0 unspecified atom stereocenters. The van der Waals surface area contributed by atoms with E-state index in [0.717, 1.165) is 10.9 Å². The summed E-state index contributed by atoms with van der Waals surface area (Å²) in [6, 6.07) is 16.7. The first-order valence-electron chi connectivity index (χ1n) is 8.49. The van der Waals surface area contributed by atoms with Gasteiger partial charge < -0.3 is 9.47 Å². The molecule has 0 aliphatic heterocycles. The molecule has 0 saturated carbocycles. The van der Waals surface area contributed by atoms with Crippen LogP contribution in [0.5, 0.6) is 0 Å². The van der Waals surface area contributed by atoms with Crippen LogP contribution in [0, 0.1) is 0 Å². The number of hydrogen-bond donors (Lipinski definition) is 0. The lowest BCUT2D eigenvalue weighted by atomic mass is 10.1. The minimum Gasteiger partial charge on any atom is -0.458 e. The van der Waals surface area contributed by atoms with Crippen LogP contribution in [0.3, 0.4) is 0 Å². The average molecular weight is 365 g/mol. The molecular weight excluding hydrogens is 346 g/mol. The molecular formula is C21H19NO5. The molecule has 0 amide bonds. The summed E-state index contributed by atoms with van der Waals surface area (Å²) in [6.07, 6.45) is 1.14. The molecule has 0 N–H and O–H groups in total. The van der Waals surface area contributed by atoms with Gasteiger partial charge in [0.1, 0.15) is 13.2 Å². The highest BCUT2D eigenvalue weighted by molar-refractivity contribution is 5.95. The van der Waals surface area contributed by atoms with E-state index in [1.165, 1.54) is 11.5 Å². The maximum atomic E-state index is 12.5. The molecule has 0 radical (unpaired) electrons. The molecule has 1 aromatic heterocycles. The number of esters is 1. The van der Waals surface area contributed by atoms with E-state index in [2.05, 4.69) is 0 Å². The van der Waals surface area contributed by atoms with Crippen LogP contribution < -0.4 is 0 Å². The van der Waals surface area contributed by atoms with E-state index in [0.29, 0.717) is 11.1 Å². The van der Waals surface area contributed by atoms with Crippen molar-refractivity contribution in [1.82, 2.24) is 4.57 Å². The van der Waals surface area contributed by atoms with Crippen molar-refractivity contribution in [2.75, 3.05) is 6.61 Å². The second-order valence-electron chi connectivity index (χ2n) is 6.08. The number of benzene rings is 2. The summed E-state index contributed by atoms with van der Waals surface area (Å²) in [6.45, 7) is 1.13. The minimum atomic E-state index is -0.520. The number of nitrogens with zero attached hydrogens (tertiary/aromatic N) is 1. The standard InChI is InChI=1S/C21H19NO5/c1-15(23)26-14-18(24)11-17-12-22(20-10-6-5-9-19(17)20)21(25)27-13-16-7-3-2-4-8-16/h2-10,12H,11,13-14H2,1H3. The summed E-state index contributed by atoms with van der Waals surface area (Å²) in [5, 5.41) is 0.783. The van der Waals surface area contributed by atoms with Gasteiger partial charge in [0.05, 0.1) is 5.52 Å². The Balaban J connectivity index is 1.78. The van der Waals surface area contributed by atoms with Gasteiger partial charge in [-0.15, -0.1) is 0 Å². The average Bonchev–Trinajstić information content (AvgIpc) is 3.04. The van der Waals surface area contributed by atoms with Crippen LogP contribution in [-0.4, -0.2) is 29.0 Å². The van der Waals surface area contributed by atoms with E-state index < -0.39 is 12.1 Å². The number of rotatable bonds is 6. The van der Waals surface area contributed by atoms with Gasteiger partial charge in [-0.25, -0.2) is 4.79 Å². The quantitative estimate of drug-likeness (QED) is 0.625. The highest BCUT2D eigenvalue weighted by Gasteiger charge is 2.17. The first-order valence-corrected chi connectivity index (χ1v) is 8.49. The van der Waals surface area contributed by atoms with E-state index in [1.807, 2.05) is 48.5 Å². The van der Waals surface area contributed by atoms with Crippen LogP contribution in [0.4, 0.5) is 4.79 Å². The largest absolute Gasteiger partial charge is 0.458 e. The highest BCUT2D eigenvalue weighted by Crippen LogP contribution is 2.22. The van der Waals surface area contributed by atoms with Gasteiger partial charge in [0.2, 0.25) is 0 Å². The molecule has 3 aromatic rings. The number of carbonyl (C=O) groups is 3. The van der Waals surface area contributed by atoms with Gasteiger partial charge in [0.25, 0.3) is 0 Å². The lowest BCUT2D eigenvalue weighted by Gasteiger charge is -2.06. The Bertz CT molecular complexity index is 975. The van der Waals surface area contributed by atoms with Gasteiger partial charge >= 0.3 is 12.1 Å². The zero-order valence-electron chi connectivity index (χ0n) is 14.9. The molecule has 138 valence electrons. The fourth-order valence-corrected chi connectivity index (χ4v) is 2.78. The van der Waals surface area contributed by atoms with Crippen molar-refractivity contribution in [3.8, 4) is 0 Å². The smallest absolute Gasteiger partial charge is 0.418 e. The summed E-state index contributed by atoms with van der Waals surface area (Å²) in [4.78, 5) is 35.4. The monoisotopic (exact) mass is 365 g/mol. The normalized spacial score (nSPS) is 10.6. The van der Waals surface area contributed by atoms with Crippen molar-refractivity contribution in [2.45, 2.75) is 20.0 Å². The van der Waals surface area contributed by atoms with Crippen LogP contribution in [-0.2, 0) is 32.1 Å². The van der Waals surface area contributed by atoms with E-state index in [-0.39, 0.29) is 25.4 Å². The van der Waals surface area contributed by atoms with E-state index >= 15 is 0 Å². The molecule has 0 saturated heterocycles. The second-order valence-corrected chi connectivity index (χ2v) is 6.08. The fraction of sp³-hybridized carbons (Fsp3) is 0.190. The molecule has 0 bridgehead atoms. The molecule has 6 nitrogen and oxygen atoms in total. The summed E-state index contributed by atoms with van der Waals surface area (Å²) in [5.41, 5.74) is 2.23. The Kier molecular flexibility index (Phi) is 5.66. The SMILES string of the molecule is CC(=O)OCC(=O)Cc1cn(C(=O)OCc2ccccc2)c2ccccc12. The Hall–Kier alpha value is -3.41. The second kappa shape index (κ2) is 8.31. The topological polar surface area (TPSA) is 74.6 Å². The zero-order chi connectivity index (χ0) is 19.2. The Morgan fingerprint density at radius 3 is 2.37 bits per heavy atom. The van der Waals surface area contributed by atoms with Crippen LogP contribution in [0.25, 0.3) is 10.9 Å². The van der Waals surface area contributed by atoms with E-state index in [1.54, 1.807) is 12.3 Å². The lowest BCUT2D eigenvalue weighted by molar-refractivity contribution is -0.145. The maximum absolute atomic E-state index is 12.5. The number of para-hydroxylation sites is 1. The molecule has 0 aliphatic carbocycles. The predicted molar refractivity (Wildman–Crippen MR) is 99.3 cm³/mol. The van der Waals surface area contributed by atoms with Crippen molar-refractivity contribution in [1.29, 1.82) is 0 Å². The number of ketones is 1. The number of ether oxygens (including phenoxy) is 2. The molecule has 6 heteroatoms. The van der Waals surface area contributed by atoms with Crippen LogP contribution in [0.2, 0.25) is 0 Å². The summed E-state index contributed by atoms with van der Waals surface area (Å²) in [7, 11) is 0. The molecule has 0 aliphatic rings. The maximum Gasteiger partial charge on any atom is 0.418 e. The van der Waals surface area contributed by atoms with Gasteiger partial charge in [0.15, 0.2) is 5.78 Å². The summed E-state index contributed by atoms with van der Waals surface area (Å²) in [5.74, 6) is -0.749. The number of hydrogen-bond acceptors (Lipinski definition) is 5. The molecule has 0 spiro atoms. The van der Waals surface area contributed by atoms with Gasteiger partial charge in [0, 0.05) is 24.9 Å². The van der Waals surface area contributed by atoms with Gasteiger partial charge in [-0.3, -0.25) is 14.2 Å². The molecule has 0 fully saturated rings. The predicted octanol–water partition coefficient (Wildman–Crippen LogP) is 3.50. The number of aromatic nitrogens is 1. The third kappa shape index (κ3) is 4.61. The summed E-state index contributed by atoms with van der Waals surface area (Å²) >= 11 is 0. The third-order valence-electron chi connectivity index (χ3n) is 4.02. The van der Waals surface area contributed by atoms with Gasteiger partial charge in [-0.1, -0.05) is 48.5 Å². The number of carbonyl (C=O) groups excluding carboxylic acids is 3. The van der Waals surface area contributed by atoms with Gasteiger partial charge in [-0.2, -0.15) is 0 Å². The van der Waals surface area contributed by atoms with Gasteiger partial charge in [-0.05, 0) is 17.2 Å². The molecule has 0 atom stereocenters. The Morgan fingerprint density at radius 2 is 1.63 bits per heavy atom. The Labute approximate surface area is 156 Å². The summed E-state index contributed by atoms with van der Waals surface area (Å²) < 4.78 is 11.5. The van der Waals surface area contributed by atoms with Crippen LogP contribution in [0.1, 0.15) is 18.1 Å². The molecule has 1 heterocycles. The van der Waals surface area contributed by atoms with Crippen molar-refractivity contribution in [3.63, 3.8) is 0 Å². The molecule has 2 aromatic carbocycles.